The van der Waals surface area contributed by atoms with Crippen LogP contribution in [0.3, 0.4) is 0 Å². The van der Waals surface area contributed by atoms with Crippen molar-refractivity contribution in [2.45, 2.75) is 46.1 Å². The van der Waals surface area contributed by atoms with E-state index in [0.29, 0.717) is 42.0 Å². The highest BCUT2D eigenvalue weighted by Gasteiger charge is 2.16. The van der Waals surface area contributed by atoms with Crippen LogP contribution >= 0.6 is 23.2 Å². The van der Waals surface area contributed by atoms with Crippen molar-refractivity contribution in [2.75, 3.05) is 13.2 Å². The second-order valence-corrected chi connectivity index (χ2v) is 6.99. The maximum absolute atomic E-state index is 12.1. The van der Waals surface area contributed by atoms with Gasteiger partial charge < -0.3 is 15.4 Å². The molecule has 1 aromatic carbocycles. The van der Waals surface area contributed by atoms with Crippen molar-refractivity contribution < 1.29 is 14.3 Å². The zero-order chi connectivity index (χ0) is 18.8. The van der Waals surface area contributed by atoms with E-state index < -0.39 is 6.09 Å². The van der Waals surface area contributed by atoms with Crippen LogP contribution in [0.2, 0.25) is 10.0 Å². The van der Waals surface area contributed by atoms with E-state index >= 15 is 0 Å². The Labute approximate surface area is 159 Å². The molecule has 0 saturated carbocycles. The van der Waals surface area contributed by atoms with Gasteiger partial charge in [0.15, 0.2) is 0 Å². The molecule has 0 aliphatic carbocycles. The maximum Gasteiger partial charge on any atom is 0.407 e. The lowest BCUT2D eigenvalue weighted by Crippen LogP contribution is -2.44. The summed E-state index contributed by atoms with van der Waals surface area (Å²) in [6.45, 7) is 6.54. The van der Waals surface area contributed by atoms with Gasteiger partial charge in [0, 0.05) is 19.0 Å². The molecule has 5 nitrogen and oxygen atoms in total. The van der Waals surface area contributed by atoms with Crippen molar-refractivity contribution in [3.05, 3.63) is 33.8 Å². The summed E-state index contributed by atoms with van der Waals surface area (Å²) in [4.78, 5) is 23.7. The number of ether oxygens (including phenoxy) is 1. The number of benzene rings is 1. The minimum Gasteiger partial charge on any atom is -0.450 e. The van der Waals surface area contributed by atoms with Crippen LogP contribution in [0.15, 0.2) is 18.2 Å². The fraction of sp³-hybridized carbons (Fsp3) is 0.556. The number of hydrogen-bond acceptors (Lipinski definition) is 3. The van der Waals surface area contributed by atoms with Gasteiger partial charge in [-0.25, -0.2) is 4.79 Å². The largest absolute Gasteiger partial charge is 0.450 e. The normalized spacial score (nSPS) is 11.9. The molecular formula is C18H26Cl2N2O3. The zero-order valence-corrected chi connectivity index (χ0v) is 16.4. The van der Waals surface area contributed by atoms with Gasteiger partial charge in [0.25, 0.3) is 0 Å². The summed E-state index contributed by atoms with van der Waals surface area (Å²) in [5.74, 6) is 0.282. The van der Waals surface area contributed by atoms with Gasteiger partial charge in [-0.2, -0.15) is 0 Å². The van der Waals surface area contributed by atoms with Crippen LogP contribution in [0.4, 0.5) is 4.79 Å². The second kappa shape index (κ2) is 11.2. The Bertz CT molecular complexity index is 579. The van der Waals surface area contributed by atoms with Gasteiger partial charge in [-0.05, 0) is 37.3 Å². The first-order valence-electron chi connectivity index (χ1n) is 8.46. The highest BCUT2D eigenvalue weighted by atomic mass is 35.5. The lowest BCUT2D eigenvalue weighted by atomic mass is 10.0. The van der Waals surface area contributed by atoms with Gasteiger partial charge in [0.05, 0.1) is 16.7 Å². The Morgan fingerprint density at radius 2 is 1.96 bits per heavy atom. The van der Waals surface area contributed by atoms with Crippen LogP contribution in [0.1, 0.15) is 39.2 Å². The highest BCUT2D eigenvalue weighted by Crippen LogP contribution is 2.26. The van der Waals surface area contributed by atoms with E-state index in [2.05, 4.69) is 24.5 Å². The van der Waals surface area contributed by atoms with Gasteiger partial charge >= 0.3 is 6.09 Å². The van der Waals surface area contributed by atoms with Crippen molar-refractivity contribution in [3.63, 3.8) is 0 Å². The lowest BCUT2D eigenvalue weighted by Gasteiger charge is -2.20. The van der Waals surface area contributed by atoms with Gasteiger partial charge in [0.2, 0.25) is 5.91 Å². The highest BCUT2D eigenvalue weighted by molar-refractivity contribution is 6.42. The molecule has 0 heterocycles. The van der Waals surface area contributed by atoms with Crippen molar-refractivity contribution in [3.8, 4) is 0 Å². The van der Waals surface area contributed by atoms with Gasteiger partial charge in [-0.1, -0.05) is 49.2 Å². The Hall–Kier alpha value is -1.46. The number of aryl methyl sites for hydroxylation is 1. The third-order valence-electron chi connectivity index (χ3n) is 3.55. The summed E-state index contributed by atoms with van der Waals surface area (Å²) in [5.41, 5.74) is 0.840. The third-order valence-corrected chi connectivity index (χ3v) is 4.41. The summed E-state index contributed by atoms with van der Waals surface area (Å²) in [6, 6.07) is 5.21. The number of amides is 2. The first-order valence-corrected chi connectivity index (χ1v) is 9.21. The number of hydrogen-bond donors (Lipinski definition) is 2. The summed E-state index contributed by atoms with van der Waals surface area (Å²) in [7, 11) is 0. The summed E-state index contributed by atoms with van der Waals surface area (Å²) >= 11 is 12.1. The van der Waals surface area contributed by atoms with Crippen molar-refractivity contribution in [2.24, 2.45) is 5.92 Å². The van der Waals surface area contributed by atoms with Gasteiger partial charge in [0.1, 0.15) is 0 Å². The Morgan fingerprint density at radius 1 is 1.24 bits per heavy atom. The van der Waals surface area contributed by atoms with Gasteiger partial charge in [-0.3, -0.25) is 4.79 Å². The molecule has 2 N–H and O–H groups in total. The first kappa shape index (κ1) is 21.6. The monoisotopic (exact) mass is 388 g/mol. The molecule has 1 atom stereocenters. The van der Waals surface area contributed by atoms with E-state index in [4.69, 9.17) is 27.9 Å². The molecule has 0 aliphatic heterocycles. The minimum atomic E-state index is -0.465. The fourth-order valence-electron chi connectivity index (χ4n) is 2.42. The van der Waals surface area contributed by atoms with Crippen LogP contribution in [0.25, 0.3) is 0 Å². The van der Waals surface area contributed by atoms with Crippen LogP contribution in [0.5, 0.6) is 0 Å². The summed E-state index contributed by atoms with van der Waals surface area (Å²) < 4.78 is 4.90. The van der Waals surface area contributed by atoms with E-state index in [-0.39, 0.29) is 11.9 Å². The van der Waals surface area contributed by atoms with Crippen molar-refractivity contribution in [1.29, 1.82) is 0 Å². The predicted molar refractivity (Wildman–Crippen MR) is 101 cm³/mol. The van der Waals surface area contributed by atoms with Crippen LogP contribution in [-0.2, 0) is 16.0 Å². The number of carbonyl (C=O) groups excluding carboxylic acids is 2. The molecule has 7 heteroatoms. The van der Waals surface area contributed by atoms with E-state index in [1.807, 2.05) is 12.1 Å². The first-order chi connectivity index (χ1) is 11.8. The molecule has 0 aliphatic rings. The van der Waals surface area contributed by atoms with E-state index in [0.717, 1.165) is 12.0 Å². The molecule has 1 aromatic rings. The van der Waals surface area contributed by atoms with Gasteiger partial charge in [-0.15, -0.1) is 0 Å². The quantitative estimate of drug-likeness (QED) is 0.665. The fourth-order valence-corrected chi connectivity index (χ4v) is 2.83. The van der Waals surface area contributed by atoms with E-state index in [1.165, 1.54) is 0 Å². The molecule has 1 rings (SSSR count). The van der Waals surface area contributed by atoms with Crippen LogP contribution in [-0.4, -0.2) is 31.2 Å². The molecule has 0 radical (unpaired) electrons. The molecule has 0 spiro atoms. The smallest absolute Gasteiger partial charge is 0.407 e. The number of carbonyl (C=O) groups is 2. The standard InChI is InChI=1S/C18H26Cl2N2O3/c1-4-25-18(24)22-14(10-12(2)3)11-21-16(23)9-8-13-6-5-7-15(19)17(13)20/h5-7,12,14H,4,8-11H2,1-3H3,(H,21,23)(H,22,24). The van der Waals surface area contributed by atoms with Crippen LogP contribution in [0, 0.1) is 5.92 Å². The SMILES string of the molecule is CCOC(=O)NC(CNC(=O)CCc1cccc(Cl)c1Cl)CC(C)C. The Morgan fingerprint density at radius 3 is 2.60 bits per heavy atom. The van der Waals surface area contributed by atoms with Crippen molar-refractivity contribution in [1.82, 2.24) is 10.6 Å². The Balaban J connectivity index is 2.47. The number of nitrogens with one attached hydrogen (secondary N) is 2. The third kappa shape index (κ3) is 8.45. The van der Waals surface area contributed by atoms with E-state index in [9.17, 15) is 9.59 Å². The molecule has 1 unspecified atom stereocenters. The zero-order valence-electron chi connectivity index (χ0n) is 14.9. The second-order valence-electron chi connectivity index (χ2n) is 6.21. The van der Waals surface area contributed by atoms with Crippen molar-refractivity contribution >= 4 is 35.2 Å². The molecule has 0 bridgehead atoms. The molecule has 25 heavy (non-hydrogen) atoms. The Kier molecular flexibility index (Phi) is 9.68. The lowest BCUT2D eigenvalue weighted by molar-refractivity contribution is -0.121. The molecule has 0 fully saturated rings. The van der Waals surface area contributed by atoms with E-state index in [1.54, 1.807) is 13.0 Å². The summed E-state index contributed by atoms with van der Waals surface area (Å²) in [5, 5.41) is 6.60. The van der Waals surface area contributed by atoms with Crippen LogP contribution < -0.4 is 10.6 Å². The number of halogens is 2. The average Bonchev–Trinajstić information content (AvgIpc) is 2.53. The maximum atomic E-state index is 12.1. The molecular weight excluding hydrogens is 363 g/mol. The molecule has 0 saturated heterocycles. The molecule has 2 amide bonds. The predicted octanol–water partition coefficient (Wildman–Crippen LogP) is 4.20. The number of alkyl carbamates (subject to hydrolysis) is 1. The molecule has 140 valence electrons. The summed E-state index contributed by atoms with van der Waals surface area (Å²) in [6.07, 6.45) is 1.09. The molecule has 0 aromatic heterocycles. The topological polar surface area (TPSA) is 67.4 Å². The number of rotatable bonds is 9. The minimum absolute atomic E-state index is 0.101. The average molecular weight is 389 g/mol.